The topological polar surface area (TPSA) is 53.6 Å². The second kappa shape index (κ2) is 4.67. The number of nitrogens with zero attached hydrogens (tertiary/aromatic N) is 2. The first-order valence-corrected chi connectivity index (χ1v) is 6.08. The molecule has 0 amide bonds. The maximum absolute atomic E-state index is 4.61. The summed E-state index contributed by atoms with van der Waals surface area (Å²) in [6.07, 6.45) is 5.97. The van der Waals surface area contributed by atoms with E-state index in [4.69, 9.17) is 0 Å². The van der Waals surface area contributed by atoms with E-state index in [0.717, 1.165) is 36.7 Å². The van der Waals surface area contributed by atoms with Gasteiger partial charge in [0, 0.05) is 18.8 Å². The molecule has 2 aromatic heterocycles. The third-order valence-electron chi connectivity index (χ3n) is 3.21. The molecule has 4 heteroatoms. The van der Waals surface area contributed by atoms with Crippen molar-refractivity contribution in [2.45, 2.75) is 12.8 Å². The van der Waals surface area contributed by atoms with Crippen LogP contribution in [0, 0.1) is 5.92 Å². The van der Waals surface area contributed by atoms with Crippen LogP contribution in [-0.2, 0) is 6.42 Å². The summed E-state index contributed by atoms with van der Waals surface area (Å²) in [6, 6.07) is 5.96. The SMILES string of the molecule is c1c[nH]c(-c2ccnc(CC3CCNC3)n2)c1. The number of H-pyrrole nitrogens is 1. The molecule has 3 heterocycles. The molecule has 17 heavy (non-hydrogen) atoms. The molecule has 0 saturated carbocycles. The van der Waals surface area contributed by atoms with Crippen molar-refractivity contribution in [1.29, 1.82) is 0 Å². The number of nitrogens with one attached hydrogen (secondary N) is 2. The van der Waals surface area contributed by atoms with Crippen molar-refractivity contribution >= 4 is 0 Å². The lowest BCUT2D eigenvalue weighted by atomic mass is 10.0. The van der Waals surface area contributed by atoms with E-state index < -0.39 is 0 Å². The van der Waals surface area contributed by atoms with Crippen LogP contribution in [0.15, 0.2) is 30.6 Å². The molecule has 88 valence electrons. The van der Waals surface area contributed by atoms with Gasteiger partial charge in [0.15, 0.2) is 0 Å². The molecule has 1 unspecified atom stereocenters. The predicted molar refractivity (Wildman–Crippen MR) is 66.5 cm³/mol. The monoisotopic (exact) mass is 228 g/mol. The highest BCUT2D eigenvalue weighted by Gasteiger charge is 2.16. The van der Waals surface area contributed by atoms with Crippen molar-refractivity contribution in [3.63, 3.8) is 0 Å². The van der Waals surface area contributed by atoms with Gasteiger partial charge in [-0.3, -0.25) is 0 Å². The molecule has 0 spiro atoms. The molecular formula is C13H16N4. The van der Waals surface area contributed by atoms with Crippen molar-refractivity contribution in [1.82, 2.24) is 20.3 Å². The summed E-state index contributed by atoms with van der Waals surface area (Å²) in [5.74, 6) is 1.64. The Morgan fingerprint density at radius 1 is 1.35 bits per heavy atom. The van der Waals surface area contributed by atoms with Crippen LogP contribution in [0.1, 0.15) is 12.2 Å². The van der Waals surface area contributed by atoms with Crippen LogP contribution in [0.3, 0.4) is 0 Å². The van der Waals surface area contributed by atoms with Crippen molar-refractivity contribution < 1.29 is 0 Å². The van der Waals surface area contributed by atoms with E-state index in [1.54, 1.807) is 0 Å². The van der Waals surface area contributed by atoms with Crippen LogP contribution in [0.2, 0.25) is 0 Å². The lowest BCUT2D eigenvalue weighted by molar-refractivity contribution is 0.561. The Labute approximate surface area is 101 Å². The van der Waals surface area contributed by atoms with E-state index in [1.165, 1.54) is 6.42 Å². The van der Waals surface area contributed by atoms with Crippen molar-refractivity contribution in [2.75, 3.05) is 13.1 Å². The summed E-state index contributed by atoms with van der Waals surface area (Å²) in [6.45, 7) is 2.22. The Bertz CT molecular complexity index is 472. The van der Waals surface area contributed by atoms with E-state index in [2.05, 4.69) is 20.3 Å². The second-order valence-corrected chi connectivity index (χ2v) is 4.50. The Kier molecular flexibility index (Phi) is 2.88. The van der Waals surface area contributed by atoms with Crippen molar-refractivity contribution in [3.8, 4) is 11.4 Å². The number of hydrogen-bond donors (Lipinski definition) is 2. The minimum atomic E-state index is 0.689. The zero-order valence-corrected chi connectivity index (χ0v) is 9.69. The van der Waals surface area contributed by atoms with E-state index >= 15 is 0 Å². The normalized spacial score (nSPS) is 19.6. The van der Waals surface area contributed by atoms with E-state index in [-0.39, 0.29) is 0 Å². The highest BCUT2D eigenvalue weighted by Crippen LogP contribution is 2.16. The molecule has 1 saturated heterocycles. The van der Waals surface area contributed by atoms with Crippen LogP contribution in [-0.4, -0.2) is 28.0 Å². The van der Waals surface area contributed by atoms with Gasteiger partial charge in [0.25, 0.3) is 0 Å². The third kappa shape index (κ3) is 2.36. The highest BCUT2D eigenvalue weighted by atomic mass is 14.9. The molecule has 0 bridgehead atoms. The average molecular weight is 228 g/mol. The smallest absolute Gasteiger partial charge is 0.129 e. The molecule has 0 radical (unpaired) electrons. The van der Waals surface area contributed by atoms with E-state index in [0.29, 0.717) is 5.92 Å². The Morgan fingerprint density at radius 3 is 3.12 bits per heavy atom. The zero-order chi connectivity index (χ0) is 11.5. The first kappa shape index (κ1) is 10.5. The molecule has 1 aliphatic heterocycles. The summed E-state index contributed by atoms with van der Waals surface area (Å²) in [5.41, 5.74) is 2.03. The molecule has 4 nitrogen and oxygen atoms in total. The first-order valence-electron chi connectivity index (χ1n) is 6.08. The second-order valence-electron chi connectivity index (χ2n) is 4.50. The van der Waals surface area contributed by atoms with Crippen LogP contribution in [0.25, 0.3) is 11.4 Å². The molecule has 3 rings (SSSR count). The molecule has 2 N–H and O–H groups in total. The Balaban J connectivity index is 1.79. The fourth-order valence-electron chi connectivity index (χ4n) is 2.28. The van der Waals surface area contributed by atoms with Gasteiger partial charge in [-0.1, -0.05) is 0 Å². The van der Waals surface area contributed by atoms with Crippen LogP contribution < -0.4 is 5.32 Å². The molecular weight excluding hydrogens is 212 g/mol. The molecule has 1 aliphatic rings. The van der Waals surface area contributed by atoms with Gasteiger partial charge in [-0.15, -0.1) is 0 Å². The van der Waals surface area contributed by atoms with Gasteiger partial charge >= 0.3 is 0 Å². The minimum absolute atomic E-state index is 0.689. The van der Waals surface area contributed by atoms with Gasteiger partial charge < -0.3 is 10.3 Å². The maximum atomic E-state index is 4.61. The average Bonchev–Trinajstić information content (AvgIpc) is 3.01. The Morgan fingerprint density at radius 2 is 2.35 bits per heavy atom. The van der Waals surface area contributed by atoms with Crippen LogP contribution >= 0.6 is 0 Å². The fourth-order valence-corrected chi connectivity index (χ4v) is 2.28. The Hall–Kier alpha value is -1.68. The number of aromatic amines is 1. The standard InChI is InChI=1S/C13H16N4/c1-2-11(15-5-1)12-4-7-16-13(17-12)8-10-3-6-14-9-10/h1-2,4-5,7,10,14-15H,3,6,8-9H2. The molecule has 0 aromatic carbocycles. The molecule has 1 atom stereocenters. The van der Waals surface area contributed by atoms with Gasteiger partial charge in [0.2, 0.25) is 0 Å². The molecule has 2 aromatic rings. The predicted octanol–water partition coefficient (Wildman–Crippen LogP) is 1.62. The summed E-state index contributed by atoms with van der Waals surface area (Å²) in [5, 5.41) is 3.37. The lowest BCUT2D eigenvalue weighted by Gasteiger charge is -2.07. The number of hydrogen-bond acceptors (Lipinski definition) is 3. The van der Waals surface area contributed by atoms with Gasteiger partial charge in [0.1, 0.15) is 5.82 Å². The van der Waals surface area contributed by atoms with Crippen LogP contribution in [0.4, 0.5) is 0 Å². The van der Waals surface area contributed by atoms with Gasteiger partial charge in [-0.25, -0.2) is 9.97 Å². The van der Waals surface area contributed by atoms with Gasteiger partial charge in [-0.05, 0) is 43.6 Å². The van der Waals surface area contributed by atoms with Crippen molar-refractivity contribution in [2.24, 2.45) is 5.92 Å². The third-order valence-corrected chi connectivity index (χ3v) is 3.21. The lowest BCUT2D eigenvalue weighted by Crippen LogP contribution is -2.12. The highest BCUT2D eigenvalue weighted by molar-refractivity contribution is 5.53. The largest absolute Gasteiger partial charge is 0.360 e. The summed E-state index contributed by atoms with van der Waals surface area (Å²) >= 11 is 0. The van der Waals surface area contributed by atoms with Gasteiger partial charge in [0.05, 0.1) is 11.4 Å². The maximum Gasteiger partial charge on any atom is 0.129 e. The summed E-state index contributed by atoms with van der Waals surface area (Å²) < 4.78 is 0. The van der Waals surface area contributed by atoms with E-state index in [9.17, 15) is 0 Å². The number of rotatable bonds is 3. The quantitative estimate of drug-likeness (QED) is 0.839. The van der Waals surface area contributed by atoms with Crippen LogP contribution in [0.5, 0.6) is 0 Å². The van der Waals surface area contributed by atoms with Gasteiger partial charge in [-0.2, -0.15) is 0 Å². The first-order chi connectivity index (χ1) is 8.42. The minimum Gasteiger partial charge on any atom is -0.360 e. The zero-order valence-electron chi connectivity index (χ0n) is 9.69. The van der Waals surface area contributed by atoms with E-state index in [1.807, 2.05) is 30.6 Å². The fraction of sp³-hybridized carbons (Fsp3) is 0.385. The summed E-state index contributed by atoms with van der Waals surface area (Å²) in [4.78, 5) is 12.1. The van der Waals surface area contributed by atoms with Crippen molar-refractivity contribution in [3.05, 3.63) is 36.4 Å². The molecule has 0 aliphatic carbocycles. The molecule has 1 fully saturated rings. The number of aromatic nitrogens is 3. The summed E-state index contributed by atoms with van der Waals surface area (Å²) in [7, 11) is 0.